The molecule has 0 fully saturated rings. The quantitative estimate of drug-likeness (QED) is 0.582. The van der Waals surface area contributed by atoms with Crippen LogP contribution in [0, 0.1) is 0 Å². The zero-order chi connectivity index (χ0) is 19.1. The molecule has 1 atom stereocenters. The van der Waals surface area contributed by atoms with E-state index in [1.807, 2.05) is 58.1 Å². The lowest BCUT2D eigenvalue weighted by Gasteiger charge is -2.36. The zero-order valence-electron chi connectivity index (χ0n) is 15.1. The predicted octanol–water partition coefficient (Wildman–Crippen LogP) is 3.77. The number of benzene rings is 2. The first-order valence-corrected chi connectivity index (χ1v) is 10.1. The number of hydrogen-bond acceptors (Lipinski definition) is 5. The highest BCUT2D eigenvalue weighted by Crippen LogP contribution is 2.33. The summed E-state index contributed by atoms with van der Waals surface area (Å²) in [7, 11) is 0. The standard InChI is InChI=1S/C22H18N4OS/c23-20(27)19-11-14-5-1-2-6-15(14)12-26(19)22-17-7-3-4-8-18(17)24-21(25-22)16-9-10-28-13-16/h1-10,13,19H,11-12H2,(H2,23,27)/t19-/m0/s1. The molecule has 3 heterocycles. The van der Waals surface area contributed by atoms with E-state index in [1.54, 1.807) is 11.3 Å². The Bertz CT molecular complexity index is 1170. The van der Waals surface area contributed by atoms with Gasteiger partial charge in [0, 0.05) is 29.3 Å². The molecule has 138 valence electrons. The molecule has 1 amide bonds. The van der Waals surface area contributed by atoms with Crippen LogP contribution in [0.15, 0.2) is 65.4 Å². The van der Waals surface area contributed by atoms with Crippen LogP contribution in [-0.2, 0) is 17.8 Å². The number of nitrogens with two attached hydrogens (primary N) is 1. The van der Waals surface area contributed by atoms with Crippen LogP contribution in [0.5, 0.6) is 0 Å². The van der Waals surface area contributed by atoms with Crippen molar-refractivity contribution in [2.45, 2.75) is 19.0 Å². The molecular formula is C22H18N4OS. The van der Waals surface area contributed by atoms with Crippen LogP contribution in [0.25, 0.3) is 22.3 Å². The summed E-state index contributed by atoms with van der Waals surface area (Å²) in [6, 6.07) is 17.7. The molecule has 28 heavy (non-hydrogen) atoms. The van der Waals surface area contributed by atoms with Crippen molar-refractivity contribution in [3.8, 4) is 11.4 Å². The minimum Gasteiger partial charge on any atom is -0.368 e. The molecule has 1 aliphatic rings. The number of para-hydroxylation sites is 1. The fraction of sp³-hybridized carbons (Fsp3) is 0.136. The van der Waals surface area contributed by atoms with Gasteiger partial charge in [0.25, 0.3) is 0 Å². The molecule has 5 nitrogen and oxygen atoms in total. The number of hydrogen-bond donors (Lipinski definition) is 1. The number of fused-ring (bicyclic) bond motifs is 2. The van der Waals surface area contributed by atoms with Crippen molar-refractivity contribution >= 4 is 34.0 Å². The molecular weight excluding hydrogens is 368 g/mol. The van der Waals surface area contributed by atoms with E-state index in [-0.39, 0.29) is 5.91 Å². The number of primary amides is 1. The zero-order valence-corrected chi connectivity index (χ0v) is 15.9. The first-order valence-electron chi connectivity index (χ1n) is 9.13. The van der Waals surface area contributed by atoms with Gasteiger partial charge in [-0.15, -0.1) is 0 Å². The van der Waals surface area contributed by atoms with Gasteiger partial charge in [0.15, 0.2) is 5.82 Å². The van der Waals surface area contributed by atoms with E-state index in [9.17, 15) is 4.79 Å². The smallest absolute Gasteiger partial charge is 0.240 e. The fourth-order valence-corrected chi connectivity index (χ4v) is 4.43. The highest BCUT2D eigenvalue weighted by molar-refractivity contribution is 7.08. The minimum absolute atomic E-state index is 0.339. The normalized spacial score (nSPS) is 16.1. The largest absolute Gasteiger partial charge is 0.368 e. The maximum absolute atomic E-state index is 12.3. The lowest BCUT2D eigenvalue weighted by Crippen LogP contribution is -2.49. The number of anilines is 1. The number of carbonyl (C=O) groups is 1. The van der Waals surface area contributed by atoms with E-state index >= 15 is 0 Å². The Morgan fingerprint density at radius 3 is 2.61 bits per heavy atom. The molecule has 0 saturated heterocycles. The van der Waals surface area contributed by atoms with E-state index in [0.717, 1.165) is 22.3 Å². The highest BCUT2D eigenvalue weighted by atomic mass is 32.1. The van der Waals surface area contributed by atoms with Gasteiger partial charge in [-0.25, -0.2) is 9.97 Å². The maximum atomic E-state index is 12.3. The monoisotopic (exact) mass is 386 g/mol. The predicted molar refractivity (Wildman–Crippen MR) is 112 cm³/mol. The first kappa shape index (κ1) is 16.9. The molecule has 0 spiro atoms. The number of nitrogens with zero attached hydrogens (tertiary/aromatic N) is 3. The molecule has 6 heteroatoms. The van der Waals surface area contributed by atoms with E-state index in [2.05, 4.69) is 12.1 Å². The number of carbonyl (C=O) groups excluding carboxylic acids is 1. The Labute approximate surface area is 166 Å². The summed E-state index contributed by atoms with van der Waals surface area (Å²) in [5.41, 5.74) is 10.0. The topological polar surface area (TPSA) is 72.1 Å². The second-order valence-electron chi connectivity index (χ2n) is 6.92. The average molecular weight is 386 g/mol. The highest BCUT2D eigenvalue weighted by Gasteiger charge is 2.32. The number of aromatic nitrogens is 2. The van der Waals surface area contributed by atoms with Gasteiger partial charge in [-0.05, 0) is 34.7 Å². The Balaban J connectivity index is 1.72. The summed E-state index contributed by atoms with van der Waals surface area (Å²) in [5, 5.41) is 4.97. The van der Waals surface area contributed by atoms with Gasteiger partial charge in [0.1, 0.15) is 11.9 Å². The number of rotatable bonds is 3. The number of thiophene rings is 1. The van der Waals surface area contributed by atoms with Crippen LogP contribution in [0.1, 0.15) is 11.1 Å². The first-order chi connectivity index (χ1) is 13.7. The van der Waals surface area contributed by atoms with Crippen molar-refractivity contribution in [2.75, 3.05) is 4.90 Å². The van der Waals surface area contributed by atoms with Gasteiger partial charge >= 0.3 is 0 Å². The van der Waals surface area contributed by atoms with Gasteiger partial charge < -0.3 is 10.6 Å². The van der Waals surface area contributed by atoms with Gasteiger partial charge in [0.05, 0.1) is 5.52 Å². The third-order valence-electron chi connectivity index (χ3n) is 5.21. The molecule has 2 aromatic carbocycles. The molecule has 1 aliphatic heterocycles. The van der Waals surface area contributed by atoms with E-state index in [4.69, 9.17) is 15.7 Å². The summed E-state index contributed by atoms with van der Waals surface area (Å²) in [6.45, 7) is 0.591. The van der Waals surface area contributed by atoms with Crippen molar-refractivity contribution < 1.29 is 4.79 Å². The third-order valence-corrected chi connectivity index (χ3v) is 5.89. The molecule has 0 bridgehead atoms. The van der Waals surface area contributed by atoms with E-state index < -0.39 is 6.04 Å². The summed E-state index contributed by atoms with van der Waals surface area (Å²) >= 11 is 1.61. The van der Waals surface area contributed by atoms with Gasteiger partial charge in [-0.2, -0.15) is 11.3 Å². The van der Waals surface area contributed by atoms with E-state index in [0.29, 0.717) is 18.8 Å². The van der Waals surface area contributed by atoms with Crippen LogP contribution in [0.4, 0.5) is 5.82 Å². The van der Waals surface area contributed by atoms with Crippen molar-refractivity contribution in [1.82, 2.24) is 9.97 Å². The Morgan fingerprint density at radius 2 is 1.82 bits per heavy atom. The lowest BCUT2D eigenvalue weighted by molar-refractivity contribution is -0.119. The fourth-order valence-electron chi connectivity index (χ4n) is 3.80. The molecule has 5 rings (SSSR count). The summed E-state index contributed by atoms with van der Waals surface area (Å²) in [4.78, 5) is 24.0. The second kappa shape index (κ2) is 6.73. The minimum atomic E-state index is -0.441. The summed E-state index contributed by atoms with van der Waals surface area (Å²) in [6.07, 6.45) is 0.581. The second-order valence-corrected chi connectivity index (χ2v) is 7.70. The summed E-state index contributed by atoms with van der Waals surface area (Å²) < 4.78 is 0. The van der Waals surface area contributed by atoms with Crippen LogP contribution in [0.3, 0.4) is 0 Å². The van der Waals surface area contributed by atoms with Crippen LogP contribution in [0.2, 0.25) is 0 Å². The molecule has 0 saturated carbocycles. The number of amides is 1. The van der Waals surface area contributed by atoms with Crippen LogP contribution >= 0.6 is 11.3 Å². The maximum Gasteiger partial charge on any atom is 0.240 e. The van der Waals surface area contributed by atoms with Crippen LogP contribution < -0.4 is 10.6 Å². The Hall–Kier alpha value is -3.25. The summed E-state index contributed by atoms with van der Waals surface area (Å²) in [5.74, 6) is 1.08. The van der Waals surface area contributed by atoms with Crippen molar-refractivity contribution in [3.05, 3.63) is 76.5 Å². The van der Waals surface area contributed by atoms with Gasteiger partial charge in [-0.3, -0.25) is 4.79 Å². The lowest BCUT2D eigenvalue weighted by atomic mass is 9.93. The van der Waals surface area contributed by atoms with E-state index in [1.165, 1.54) is 11.1 Å². The van der Waals surface area contributed by atoms with Gasteiger partial charge in [0.2, 0.25) is 5.91 Å². The van der Waals surface area contributed by atoms with Crippen molar-refractivity contribution in [2.24, 2.45) is 5.73 Å². The van der Waals surface area contributed by atoms with Crippen molar-refractivity contribution in [1.29, 1.82) is 0 Å². The average Bonchev–Trinajstić information content (AvgIpc) is 3.27. The molecule has 2 aromatic heterocycles. The molecule has 0 aliphatic carbocycles. The SMILES string of the molecule is NC(=O)[C@@H]1Cc2ccccc2CN1c1nc(-c2ccsc2)nc2ccccc12. The Kier molecular flexibility index (Phi) is 4.06. The third kappa shape index (κ3) is 2.82. The van der Waals surface area contributed by atoms with Gasteiger partial charge in [-0.1, -0.05) is 36.4 Å². The molecule has 4 aromatic rings. The molecule has 0 radical (unpaired) electrons. The van der Waals surface area contributed by atoms with Crippen molar-refractivity contribution in [3.63, 3.8) is 0 Å². The van der Waals surface area contributed by atoms with Crippen LogP contribution in [-0.4, -0.2) is 21.9 Å². The molecule has 0 unspecified atom stereocenters. The molecule has 2 N–H and O–H groups in total. The Morgan fingerprint density at radius 1 is 1.04 bits per heavy atom.